The van der Waals surface area contributed by atoms with E-state index in [2.05, 4.69) is 11.1 Å². The maximum Gasteiger partial charge on any atom is 0.243 e. The van der Waals surface area contributed by atoms with Crippen LogP contribution in [0, 0.1) is 16.7 Å². The van der Waals surface area contributed by atoms with Gasteiger partial charge in [-0.2, -0.15) is 5.26 Å². The summed E-state index contributed by atoms with van der Waals surface area (Å²) in [5, 5.41) is 9.56. The maximum atomic E-state index is 13.0. The van der Waals surface area contributed by atoms with E-state index in [9.17, 15) is 10.1 Å². The quantitative estimate of drug-likeness (QED) is 0.834. The number of aromatic nitrogens is 1. The number of amides is 1. The highest BCUT2D eigenvalue weighted by Gasteiger charge is 2.46. The van der Waals surface area contributed by atoms with Crippen molar-refractivity contribution in [2.75, 3.05) is 19.8 Å². The van der Waals surface area contributed by atoms with Crippen molar-refractivity contribution >= 4 is 5.91 Å². The third kappa shape index (κ3) is 2.52. The second kappa shape index (κ2) is 5.82. The van der Waals surface area contributed by atoms with Gasteiger partial charge in [0.15, 0.2) is 0 Å². The van der Waals surface area contributed by atoms with Crippen LogP contribution in [0.3, 0.4) is 0 Å². The van der Waals surface area contributed by atoms with Crippen molar-refractivity contribution in [3.63, 3.8) is 0 Å². The van der Waals surface area contributed by atoms with Crippen LogP contribution < -0.4 is 0 Å². The standard InChI is InChI=1S/C16H19N3O2/c17-12-16(5-9-21-10-6-16)15(20)19-8-2-4-14(19)13-3-1-7-18-11-13/h1,3,7,11,14H,2,4-6,8-10H2. The smallest absolute Gasteiger partial charge is 0.243 e. The summed E-state index contributed by atoms with van der Waals surface area (Å²) in [5.41, 5.74) is 0.159. The fourth-order valence-corrected chi connectivity index (χ4v) is 3.30. The van der Waals surface area contributed by atoms with Gasteiger partial charge in [-0.3, -0.25) is 9.78 Å². The Kier molecular flexibility index (Phi) is 3.89. The summed E-state index contributed by atoms with van der Waals surface area (Å²) in [6.07, 6.45) is 6.47. The van der Waals surface area contributed by atoms with E-state index in [4.69, 9.17) is 4.74 Å². The number of pyridine rings is 1. The van der Waals surface area contributed by atoms with E-state index in [-0.39, 0.29) is 11.9 Å². The molecule has 0 bridgehead atoms. The molecular weight excluding hydrogens is 266 g/mol. The lowest BCUT2D eigenvalue weighted by Gasteiger charge is -2.35. The minimum Gasteiger partial charge on any atom is -0.381 e. The summed E-state index contributed by atoms with van der Waals surface area (Å²) >= 11 is 0. The van der Waals surface area contributed by atoms with Gasteiger partial charge in [-0.15, -0.1) is 0 Å². The molecule has 1 aromatic rings. The van der Waals surface area contributed by atoms with Crippen molar-refractivity contribution in [3.8, 4) is 6.07 Å². The fraction of sp³-hybridized carbons (Fsp3) is 0.562. The maximum absolute atomic E-state index is 13.0. The first-order valence-corrected chi connectivity index (χ1v) is 7.47. The first-order valence-electron chi connectivity index (χ1n) is 7.47. The van der Waals surface area contributed by atoms with Crippen LogP contribution in [0.5, 0.6) is 0 Å². The van der Waals surface area contributed by atoms with E-state index in [0.717, 1.165) is 24.9 Å². The van der Waals surface area contributed by atoms with Crippen molar-refractivity contribution in [3.05, 3.63) is 30.1 Å². The van der Waals surface area contributed by atoms with Gasteiger partial charge in [0.1, 0.15) is 5.41 Å². The molecule has 3 rings (SSSR count). The summed E-state index contributed by atoms with van der Waals surface area (Å²) in [6, 6.07) is 6.23. The monoisotopic (exact) mass is 285 g/mol. The Hall–Kier alpha value is -1.93. The molecule has 0 N–H and O–H groups in total. The summed E-state index contributed by atoms with van der Waals surface area (Å²) in [5.74, 6) is -0.0281. The molecule has 5 heteroatoms. The minimum absolute atomic E-state index is 0.0281. The summed E-state index contributed by atoms with van der Waals surface area (Å²) in [7, 11) is 0. The molecule has 2 saturated heterocycles. The molecule has 1 unspecified atom stereocenters. The molecule has 1 atom stereocenters. The lowest BCUT2D eigenvalue weighted by molar-refractivity contribution is -0.144. The van der Waals surface area contributed by atoms with E-state index in [0.29, 0.717) is 26.1 Å². The Morgan fingerprint density at radius 2 is 2.29 bits per heavy atom. The zero-order valence-corrected chi connectivity index (χ0v) is 12.0. The van der Waals surface area contributed by atoms with Crippen LogP contribution in [0.2, 0.25) is 0 Å². The second-order valence-electron chi connectivity index (χ2n) is 5.75. The van der Waals surface area contributed by atoms with Crippen molar-refractivity contribution in [2.24, 2.45) is 5.41 Å². The number of rotatable bonds is 2. The number of carbonyl (C=O) groups excluding carboxylic acids is 1. The zero-order chi connectivity index (χ0) is 14.7. The second-order valence-corrected chi connectivity index (χ2v) is 5.75. The Balaban J connectivity index is 1.85. The molecule has 1 aromatic heterocycles. The highest BCUT2D eigenvalue weighted by Crippen LogP contribution is 2.39. The molecule has 2 aliphatic heterocycles. The largest absolute Gasteiger partial charge is 0.381 e. The predicted octanol–water partition coefficient (Wildman–Crippen LogP) is 2.07. The molecule has 2 aliphatic rings. The highest BCUT2D eigenvalue weighted by molar-refractivity contribution is 5.86. The van der Waals surface area contributed by atoms with Gasteiger partial charge in [-0.25, -0.2) is 0 Å². The average molecular weight is 285 g/mol. The third-order valence-corrected chi connectivity index (χ3v) is 4.55. The molecule has 110 valence electrons. The molecule has 0 spiro atoms. The van der Waals surface area contributed by atoms with E-state index in [1.54, 1.807) is 6.20 Å². The van der Waals surface area contributed by atoms with Crippen LogP contribution in [0.4, 0.5) is 0 Å². The molecule has 0 aromatic carbocycles. The fourth-order valence-electron chi connectivity index (χ4n) is 3.30. The zero-order valence-electron chi connectivity index (χ0n) is 12.0. The van der Waals surface area contributed by atoms with Gasteiger partial charge in [0, 0.05) is 32.2 Å². The Bertz CT molecular complexity index is 546. The van der Waals surface area contributed by atoms with Gasteiger partial charge in [-0.1, -0.05) is 6.07 Å². The van der Waals surface area contributed by atoms with E-state index in [1.807, 2.05) is 23.2 Å². The number of hydrogen-bond donors (Lipinski definition) is 0. The molecule has 5 nitrogen and oxygen atoms in total. The van der Waals surface area contributed by atoms with Crippen LogP contribution in [-0.2, 0) is 9.53 Å². The van der Waals surface area contributed by atoms with Gasteiger partial charge in [0.2, 0.25) is 5.91 Å². The number of carbonyl (C=O) groups is 1. The molecule has 3 heterocycles. The minimum atomic E-state index is -0.900. The van der Waals surface area contributed by atoms with Gasteiger partial charge in [-0.05, 0) is 37.3 Å². The number of ether oxygens (including phenoxy) is 1. The van der Waals surface area contributed by atoms with E-state index >= 15 is 0 Å². The van der Waals surface area contributed by atoms with Gasteiger partial charge in [0.25, 0.3) is 0 Å². The summed E-state index contributed by atoms with van der Waals surface area (Å²) in [4.78, 5) is 19.0. The summed E-state index contributed by atoms with van der Waals surface area (Å²) in [6.45, 7) is 1.71. The molecule has 2 fully saturated rings. The van der Waals surface area contributed by atoms with Crippen molar-refractivity contribution in [1.82, 2.24) is 9.88 Å². The number of nitrogens with zero attached hydrogens (tertiary/aromatic N) is 3. The number of likely N-dealkylation sites (tertiary alicyclic amines) is 1. The van der Waals surface area contributed by atoms with E-state index in [1.165, 1.54) is 0 Å². The van der Waals surface area contributed by atoms with Crippen molar-refractivity contribution in [2.45, 2.75) is 31.7 Å². The van der Waals surface area contributed by atoms with Gasteiger partial charge in [0.05, 0.1) is 12.1 Å². The molecular formula is C16H19N3O2. The average Bonchev–Trinajstić information content (AvgIpc) is 3.05. The number of hydrogen-bond acceptors (Lipinski definition) is 4. The Labute approximate surface area is 124 Å². The summed E-state index contributed by atoms with van der Waals surface area (Å²) < 4.78 is 5.32. The molecule has 0 radical (unpaired) electrons. The first kappa shape index (κ1) is 14.0. The van der Waals surface area contributed by atoms with Crippen LogP contribution in [0.15, 0.2) is 24.5 Å². The Morgan fingerprint density at radius 3 is 2.95 bits per heavy atom. The highest BCUT2D eigenvalue weighted by atomic mass is 16.5. The third-order valence-electron chi connectivity index (χ3n) is 4.55. The topological polar surface area (TPSA) is 66.2 Å². The van der Waals surface area contributed by atoms with Crippen LogP contribution in [0.1, 0.15) is 37.3 Å². The molecule has 0 saturated carbocycles. The van der Waals surface area contributed by atoms with Gasteiger partial charge >= 0.3 is 0 Å². The van der Waals surface area contributed by atoms with Crippen LogP contribution >= 0.6 is 0 Å². The molecule has 1 amide bonds. The molecule has 0 aliphatic carbocycles. The number of nitriles is 1. The van der Waals surface area contributed by atoms with Crippen molar-refractivity contribution < 1.29 is 9.53 Å². The Morgan fingerprint density at radius 1 is 1.48 bits per heavy atom. The van der Waals surface area contributed by atoms with Crippen LogP contribution in [-0.4, -0.2) is 35.5 Å². The normalized spacial score (nSPS) is 24.5. The lowest BCUT2D eigenvalue weighted by atomic mass is 9.80. The SMILES string of the molecule is N#CC1(C(=O)N2CCCC2c2cccnc2)CCOCC1. The van der Waals surface area contributed by atoms with Gasteiger partial charge < -0.3 is 9.64 Å². The molecule has 21 heavy (non-hydrogen) atoms. The van der Waals surface area contributed by atoms with Crippen molar-refractivity contribution in [1.29, 1.82) is 5.26 Å². The predicted molar refractivity (Wildman–Crippen MR) is 76.0 cm³/mol. The van der Waals surface area contributed by atoms with Crippen LogP contribution in [0.25, 0.3) is 0 Å². The lowest BCUT2D eigenvalue weighted by Crippen LogP contribution is -2.46. The first-order chi connectivity index (χ1) is 10.3. The van der Waals surface area contributed by atoms with E-state index < -0.39 is 5.41 Å².